The molecule has 0 aromatic heterocycles. The van der Waals surface area contributed by atoms with Gasteiger partial charge in [-0.05, 0) is 18.8 Å². The number of nitrogens with one attached hydrogen (secondary N) is 1. The van der Waals surface area contributed by atoms with Crippen LogP contribution in [0, 0.1) is 29.3 Å². The zero-order chi connectivity index (χ0) is 15.6. The van der Waals surface area contributed by atoms with E-state index in [9.17, 15) is 22.8 Å². The highest BCUT2D eigenvalue weighted by molar-refractivity contribution is 5.94. The molecule has 2 N–H and O–H groups in total. The second kappa shape index (κ2) is 6.15. The predicted molar refractivity (Wildman–Crippen MR) is 67.1 cm³/mol. The Bertz CT molecular complexity index is 554. The van der Waals surface area contributed by atoms with Gasteiger partial charge in [-0.25, -0.2) is 13.2 Å². The smallest absolute Gasteiger partial charge is 0.306 e. The first kappa shape index (κ1) is 15.3. The fraction of sp³-hybridized carbons (Fsp3) is 0.429. The fourth-order valence-electron chi connectivity index (χ4n) is 2.68. The Kier molecular flexibility index (Phi) is 4.50. The van der Waals surface area contributed by atoms with Gasteiger partial charge in [-0.1, -0.05) is 6.42 Å². The van der Waals surface area contributed by atoms with Crippen LogP contribution in [0.15, 0.2) is 12.1 Å². The Balaban J connectivity index is 2.04. The third-order valence-electron chi connectivity index (χ3n) is 3.74. The molecule has 0 aliphatic heterocycles. The van der Waals surface area contributed by atoms with Gasteiger partial charge in [-0.2, -0.15) is 0 Å². The summed E-state index contributed by atoms with van der Waals surface area (Å²) in [4.78, 5) is 22.8. The minimum absolute atomic E-state index is 0.0199. The van der Waals surface area contributed by atoms with Crippen LogP contribution in [0.4, 0.5) is 13.2 Å². The van der Waals surface area contributed by atoms with E-state index in [1.807, 2.05) is 0 Å². The first-order chi connectivity index (χ1) is 9.90. The molecule has 1 aromatic carbocycles. The number of carbonyl (C=O) groups is 2. The lowest BCUT2D eigenvalue weighted by Crippen LogP contribution is -2.34. The molecular weight excluding hydrogens is 287 g/mol. The Morgan fingerprint density at radius 3 is 2.38 bits per heavy atom. The van der Waals surface area contributed by atoms with E-state index in [4.69, 9.17) is 5.11 Å². The van der Waals surface area contributed by atoms with Crippen LogP contribution in [-0.4, -0.2) is 23.5 Å². The normalized spacial score (nSPS) is 21.3. The van der Waals surface area contributed by atoms with E-state index in [-0.39, 0.29) is 12.5 Å². The summed E-state index contributed by atoms with van der Waals surface area (Å²) in [7, 11) is 0. The maximum Gasteiger partial charge on any atom is 0.306 e. The topological polar surface area (TPSA) is 66.4 Å². The van der Waals surface area contributed by atoms with Crippen molar-refractivity contribution in [2.45, 2.75) is 19.3 Å². The first-order valence-electron chi connectivity index (χ1n) is 6.55. The molecule has 114 valence electrons. The zero-order valence-corrected chi connectivity index (χ0v) is 11.0. The summed E-state index contributed by atoms with van der Waals surface area (Å²) in [5.41, 5.74) is -0.860. The van der Waals surface area contributed by atoms with Gasteiger partial charge in [-0.3, -0.25) is 9.59 Å². The number of carboxylic acid groups (broad SMARTS) is 1. The minimum atomic E-state index is -1.29. The van der Waals surface area contributed by atoms with Crippen LogP contribution in [0.2, 0.25) is 0 Å². The van der Waals surface area contributed by atoms with Crippen molar-refractivity contribution in [3.8, 4) is 0 Å². The van der Waals surface area contributed by atoms with Crippen molar-refractivity contribution in [1.82, 2.24) is 5.32 Å². The first-order valence-corrected chi connectivity index (χ1v) is 6.55. The van der Waals surface area contributed by atoms with Gasteiger partial charge in [0.15, 0.2) is 0 Å². The summed E-state index contributed by atoms with van der Waals surface area (Å²) in [6.45, 7) is 0.0199. The van der Waals surface area contributed by atoms with E-state index in [0.29, 0.717) is 25.0 Å². The van der Waals surface area contributed by atoms with E-state index < -0.39 is 40.8 Å². The maximum absolute atomic E-state index is 13.4. The van der Waals surface area contributed by atoms with Gasteiger partial charge in [0.1, 0.15) is 23.0 Å². The van der Waals surface area contributed by atoms with Gasteiger partial charge in [0, 0.05) is 18.7 Å². The van der Waals surface area contributed by atoms with Crippen LogP contribution in [-0.2, 0) is 4.79 Å². The maximum atomic E-state index is 13.4. The number of carboxylic acids is 1. The van der Waals surface area contributed by atoms with Gasteiger partial charge >= 0.3 is 5.97 Å². The largest absolute Gasteiger partial charge is 0.481 e. The van der Waals surface area contributed by atoms with Gasteiger partial charge in [0.05, 0.1) is 5.92 Å². The number of rotatable bonds is 4. The molecule has 0 saturated heterocycles. The van der Waals surface area contributed by atoms with Crippen molar-refractivity contribution < 1.29 is 27.9 Å². The SMILES string of the molecule is O=C(NCC1CCCC1C(=O)O)c1c(F)cc(F)cc1F. The second-order valence-electron chi connectivity index (χ2n) is 5.09. The molecule has 21 heavy (non-hydrogen) atoms. The quantitative estimate of drug-likeness (QED) is 0.897. The van der Waals surface area contributed by atoms with Crippen LogP contribution in [0.5, 0.6) is 0 Å². The average Bonchev–Trinajstić information content (AvgIpc) is 2.83. The Labute approximate surface area is 119 Å². The highest BCUT2D eigenvalue weighted by Gasteiger charge is 2.33. The Morgan fingerprint density at radius 1 is 1.19 bits per heavy atom. The summed E-state index contributed by atoms with van der Waals surface area (Å²) in [6, 6.07) is 0.848. The lowest BCUT2D eigenvalue weighted by molar-refractivity contribution is -0.142. The number of hydrogen-bond acceptors (Lipinski definition) is 2. The monoisotopic (exact) mass is 301 g/mol. The molecule has 1 fully saturated rings. The summed E-state index contributed by atoms with van der Waals surface area (Å²) < 4.78 is 39.6. The fourth-order valence-corrected chi connectivity index (χ4v) is 2.68. The highest BCUT2D eigenvalue weighted by atomic mass is 19.1. The molecule has 1 aliphatic rings. The molecule has 1 aliphatic carbocycles. The molecule has 2 unspecified atom stereocenters. The molecule has 2 atom stereocenters. The van der Waals surface area contributed by atoms with E-state index >= 15 is 0 Å². The molecule has 2 rings (SSSR count). The summed E-state index contributed by atoms with van der Waals surface area (Å²) in [5.74, 6) is -6.46. The number of amides is 1. The van der Waals surface area contributed by atoms with Crippen molar-refractivity contribution >= 4 is 11.9 Å². The number of aliphatic carboxylic acids is 1. The third-order valence-corrected chi connectivity index (χ3v) is 3.74. The zero-order valence-electron chi connectivity index (χ0n) is 11.0. The van der Waals surface area contributed by atoms with Crippen LogP contribution < -0.4 is 5.32 Å². The number of hydrogen-bond donors (Lipinski definition) is 2. The van der Waals surface area contributed by atoms with E-state index in [1.54, 1.807) is 0 Å². The Hall–Kier alpha value is -2.05. The second-order valence-corrected chi connectivity index (χ2v) is 5.09. The molecule has 1 amide bonds. The van der Waals surface area contributed by atoms with E-state index in [0.717, 1.165) is 6.42 Å². The summed E-state index contributed by atoms with van der Waals surface area (Å²) >= 11 is 0. The minimum Gasteiger partial charge on any atom is -0.481 e. The summed E-state index contributed by atoms with van der Waals surface area (Å²) in [6.07, 6.45) is 1.89. The van der Waals surface area contributed by atoms with Gasteiger partial charge in [0.25, 0.3) is 5.91 Å². The molecule has 4 nitrogen and oxygen atoms in total. The van der Waals surface area contributed by atoms with E-state index in [1.165, 1.54) is 0 Å². The van der Waals surface area contributed by atoms with Gasteiger partial charge in [0.2, 0.25) is 0 Å². The van der Waals surface area contributed by atoms with Crippen LogP contribution in [0.25, 0.3) is 0 Å². The molecule has 0 heterocycles. The molecule has 0 bridgehead atoms. The van der Waals surface area contributed by atoms with Crippen molar-refractivity contribution in [2.24, 2.45) is 11.8 Å². The molecule has 1 aromatic rings. The third kappa shape index (κ3) is 3.34. The highest BCUT2D eigenvalue weighted by Crippen LogP contribution is 2.31. The lowest BCUT2D eigenvalue weighted by Gasteiger charge is -2.16. The predicted octanol–water partition coefficient (Wildman–Crippen LogP) is 2.33. The van der Waals surface area contributed by atoms with Crippen molar-refractivity contribution in [1.29, 1.82) is 0 Å². The standard InChI is InChI=1S/C14H14F3NO3/c15-8-4-10(16)12(11(17)5-8)13(19)18-6-7-2-1-3-9(7)14(20)21/h4-5,7,9H,1-3,6H2,(H,18,19)(H,20,21). The average molecular weight is 301 g/mol. The Morgan fingerprint density at radius 2 is 1.81 bits per heavy atom. The molecule has 7 heteroatoms. The van der Waals surface area contributed by atoms with Crippen LogP contribution in [0.1, 0.15) is 29.6 Å². The van der Waals surface area contributed by atoms with Crippen LogP contribution >= 0.6 is 0 Å². The molecule has 0 radical (unpaired) electrons. The van der Waals surface area contributed by atoms with Crippen molar-refractivity contribution in [3.05, 3.63) is 35.1 Å². The number of carbonyl (C=O) groups excluding carboxylic acids is 1. The van der Waals surface area contributed by atoms with Crippen LogP contribution in [0.3, 0.4) is 0 Å². The number of halogens is 3. The summed E-state index contributed by atoms with van der Waals surface area (Å²) in [5, 5.41) is 11.3. The van der Waals surface area contributed by atoms with Gasteiger partial charge < -0.3 is 10.4 Å². The molecule has 0 spiro atoms. The van der Waals surface area contributed by atoms with Gasteiger partial charge in [-0.15, -0.1) is 0 Å². The number of benzene rings is 1. The van der Waals surface area contributed by atoms with E-state index in [2.05, 4.69) is 5.32 Å². The molecular formula is C14H14F3NO3. The van der Waals surface area contributed by atoms with Crippen molar-refractivity contribution in [3.63, 3.8) is 0 Å². The van der Waals surface area contributed by atoms with Crippen molar-refractivity contribution in [2.75, 3.05) is 6.54 Å². The lowest BCUT2D eigenvalue weighted by atomic mass is 9.96. The molecule has 1 saturated carbocycles.